The Bertz CT molecular complexity index is 306. The second kappa shape index (κ2) is 3.39. The largest absolute Gasteiger partial charge is 0.337 e. The third kappa shape index (κ3) is 1.98. The molecule has 0 amide bonds. The van der Waals surface area contributed by atoms with Crippen LogP contribution in [-0.2, 0) is 13.6 Å². The van der Waals surface area contributed by atoms with E-state index in [-0.39, 0.29) is 0 Å². The summed E-state index contributed by atoms with van der Waals surface area (Å²) in [5.41, 5.74) is 0.555. The highest BCUT2D eigenvalue weighted by molar-refractivity contribution is 4.95. The van der Waals surface area contributed by atoms with E-state index >= 15 is 0 Å². The zero-order valence-electron chi connectivity index (χ0n) is 9.25. The molecule has 0 bridgehead atoms. The molecule has 3 nitrogen and oxygen atoms in total. The zero-order valence-corrected chi connectivity index (χ0v) is 9.25. The summed E-state index contributed by atoms with van der Waals surface area (Å²) in [7, 11) is 2.04. The first kappa shape index (κ1) is 9.71. The van der Waals surface area contributed by atoms with E-state index in [4.69, 9.17) is 0 Å². The minimum atomic E-state index is 0.555. The molecule has 1 fully saturated rings. The molecule has 14 heavy (non-hydrogen) atoms. The van der Waals surface area contributed by atoms with Crippen molar-refractivity contribution >= 4 is 0 Å². The maximum atomic E-state index is 4.28. The number of aromatic nitrogens is 2. The number of imidazole rings is 1. The first-order chi connectivity index (χ1) is 6.57. The predicted molar refractivity (Wildman–Crippen MR) is 56.9 cm³/mol. The van der Waals surface area contributed by atoms with E-state index in [0.717, 1.165) is 12.4 Å². The molecule has 0 unspecified atom stereocenters. The number of aryl methyl sites for hydroxylation is 1. The van der Waals surface area contributed by atoms with Gasteiger partial charge in [0, 0.05) is 25.5 Å². The highest BCUT2D eigenvalue weighted by Gasteiger charge is 2.35. The SMILES string of the molecule is Cn1ccnc1CNC1CC(C)(C)C1. The van der Waals surface area contributed by atoms with Crippen molar-refractivity contribution in [1.82, 2.24) is 14.9 Å². The average molecular weight is 193 g/mol. The number of hydrogen-bond donors (Lipinski definition) is 1. The van der Waals surface area contributed by atoms with Crippen LogP contribution in [0, 0.1) is 5.41 Å². The van der Waals surface area contributed by atoms with Crippen molar-refractivity contribution in [2.75, 3.05) is 0 Å². The van der Waals surface area contributed by atoms with Gasteiger partial charge in [-0.3, -0.25) is 0 Å². The highest BCUT2D eigenvalue weighted by atomic mass is 15.1. The van der Waals surface area contributed by atoms with E-state index < -0.39 is 0 Å². The Hall–Kier alpha value is -0.830. The third-order valence-corrected chi connectivity index (χ3v) is 3.07. The van der Waals surface area contributed by atoms with E-state index in [1.54, 1.807) is 0 Å². The van der Waals surface area contributed by atoms with Crippen LogP contribution >= 0.6 is 0 Å². The maximum Gasteiger partial charge on any atom is 0.122 e. The van der Waals surface area contributed by atoms with Gasteiger partial charge >= 0.3 is 0 Å². The Kier molecular flexibility index (Phi) is 2.35. The van der Waals surface area contributed by atoms with Gasteiger partial charge in [0.1, 0.15) is 5.82 Å². The minimum Gasteiger partial charge on any atom is -0.337 e. The summed E-state index contributed by atoms with van der Waals surface area (Å²) in [5, 5.41) is 3.53. The molecule has 0 aromatic carbocycles. The summed E-state index contributed by atoms with van der Waals surface area (Å²) in [6.45, 7) is 5.54. The highest BCUT2D eigenvalue weighted by Crippen LogP contribution is 2.39. The quantitative estimate of drug-likeness (QED) is 0.792. The molecule has 0 atom stereocenters. The predicted octanol–water partition coefficient (Wildman–Crippen LogP) is 1.70. The molecule has 0 radical (unpaired) electrons. The van der Waals surface area contributed by atoms with Crippen LogP contribution in [0.4, 0.5) is 0 Å². The molecule has 0 spiro atoms. The van der Waals surface area contributed by atoms with Crippen LogP contribution in [0.1, 0.15) is 32.5 Å². The van der Waals surface area contributed by atoms with Gasteiger partial charge in [-0.2, -0.15) is 0 Å². The Labute approximate surface area is 85.5 Å². The monoisotopic (exact) mass is 193 g/mol. The Balaban J connectivity index is 1.77. The Morgan fingerprint density at radius 3 is 2.79 bits per heavy atom. The standard InChI is InChI=1S/C11H19N3/c1-11(2)6-9(7-11)13-8-10-12-4-5-14(10)3/h4-5,9,13H,6-8H2,1-3H3. The van der Waals surface area contributed by atoms with Crippen molar-refractivity contribution in [2.24, 2.45) is 12.5 Å². The average Bonchev–Trinajstić information content (AvgIpc) is 2.44. The van der Waals surface area contributed by atoms with Crippen molar-refractivity contribution in [3.63, 3.8) is 0 Å². The lowest BCUT2D eigenvalue weighted by molar-refractivity contribution is 0.124. The second-order valence-corrected chi connectivity index (χ2v) is 5.10. The van der Waals surface area contributed by atoms with Gasteiger partial charge in [-0.15, -0.1) is 0 Å². The van der Waals surface area contributed by atoms with Crippen LogP contribution in [0.5, 0.6) is 0 Å². The summed E-state index contributed by atoms with van der Waals surface area (Å²) in [5.74, 6) is 1.12. The molecule has 1 aromatic heterocycles. The van der Waals surface area contributed by atoms with Gasteiger partial charge in [0.2, 0.25) is 0 Å². The molecular formula is C11H19N3. The molecule has 1 saturated carbocycles. The molecule has 1 aliphatic rings. The van der Waals surface area contributed by atoms with Crippen LogP contribution in [0.3, 0.4) is 0 Å². The van der Waals surface area contributed by atoms with Crippen LogP contribution < -0.4 is 5.32 Å². The van der Waals surface area contributed by atoms with Gasteiger partial charge in [-0.25, -0.2) is 4.98 Å². The Morgan fingerprint density at radius 2 is 2.29 bits per heavy atom. The molecule has 1 heterocycles. The van der Waals surface area contributed by atoms with Crippen molar-refractivity contribution in [3.05, 3.63) is 18.2 Å². The third-order valence-electron chi connectivity index (χ3n) is 3.07. The smallest absolute Gasteiger partial charge is 0.122 e. The first-order valence-electron chi connectivity index (χ1n) is 5.26. The van der Waals surface area contributed by atoms with Crippen LogP contribution in [0.15, 0.2) is 12.4 Å². The fourth-order valence-electron chi connectivity index (χ4n) is 2.22. The zero-order chi connectivity index (χ0) is 10.2. The summed E-state index contributed by atoms with van der Waals surface area (Å²) in [6, 6.07) is 0.696. The molecule has 1 N–H and O–H groups in total. The first-order valence-corrected chi connectivity index (χ1v) is 5.26. The van der Waals surface area contributed by atoms with Gasteiger partial charge < -0.3 is 9.88 Å². The molecular weight excluding hydrogens is 174 g/mol. The molecule has 3 heteroatoms. The molecule has 2 rings (SSSR count). The number of rotatable bonds is 3. The topological polar surface area (TPSA) is 29.9 Å². The van der Waals surface area contributed by atoms with Crippen LogP contribution in [0.2, 0.25) is 0 Å². The van der Waals surface area contributed by atoms with Crippen molar-refractivity contribution in [3.8, 4) is 0 Å². The van der Waals surface area contributed by atoms with Crippen LogP contribution in [-0.4, -0.2) is 15.6 Å². The van der Waals surface area contributed by atoms with E-state index in [0.29, 0.717) is 11.5 Å². The van der Waals surface area contributed by atoms with Gasteiger partial charge in [0.25, 0.3) is 0 Å². The molecule has 1 aliphatic carbocycles. The number of nitrogens with one attached hydrogen (secondary N) is 1. The Morgan fingerprint density at radius 1 is 1.57 bits per heavy atom. The van der Waals surface area contributed by atoms with E-state index in [2.05, 4.69) is 28.7 Å². The lowest BCUT2D eigenvalue weighted by atomic mass is 9.68. The van der Waals surface area contributed by atoms with Gasteiger partial charge in [-0.1, -0.05) is 13.8 Å². The summed E-state index contributed by atoms with van der Waals surface area (Å²) in [6.07, 6.45) is 6.41. The normalized spacial score (nSPS) is 20.8. The van der Waals surface area contributed by atoms with Crippen molar-refractivity contribution in [1.29, 1.82) is 0 Å². The molecule has 0 aliphatic heterocycles. The minimum absolute atomic E-state index is 0.555. The van der Waals surface area contributed by atoms with Crippen molar-refractivity contribution in [2.45, 2.75) is 39.3 Å². The number of nitrogens with zero attached hydrogens (tertiary/aromatic N) is 2. The van der Waals surface area contributed by atoms with E-state index in [1.807, 2.05) is 19.4 Å². The summed E-state index contributed by atoms with van der Waals surface area (Å²) in [4.78, 5) is 4.28. The molecule has 1 aromatic rings. The van der Waals surface area contributed by atoms with E-state index in [9.17, 15) is 0 Å². The summed E-state index contributed by atoms with van der Waals surface area (Å²) >= 11 is 0. The van der Waals surface area contributed by atoms with E-state index in [1.165, 1.54) is 12.8 Å². The fourth-order valence-corrected chi connectivity index (χ4v) is 2.22. The number of hydrogen-bond acceptors (Lipinski definition) is 2. The molecule has 0 saturated heterocycles. The van der Waals surface area contributed by atoms with Gasteiger partial charge in [0.15, 0.2) is 0 Å². The van der Waals surface area contributed by atoms with Crippen LogP contribution in [0.25, 0.3) is 0 Å². The lowest BCUT2D eigenvalue weighted by Gasteiger charge is -2.43. The van der Waals surface area contributed by atoms with Gasteiger partial charge in [-0.05, 0) is 18.3 Å². The van der Waals surface area contributed by atoms with Gasteiger partial charge in [0.05, 0.1) is 6.54 Å². The molecule has 78 valence electrons. The summed E-state index contributed by atoms with van der Waals surface area (Å²) < 4.78 is 2.07. The fraction of sp³-hybridized carbons (Fsp3) is 0.727. The maximum absolute atomic E-state index is 4.28. The van der Waals surface area contributed by atoms with Crippen molar-refractivity contribution < 1.29 is 0 Å². The second-order valence-electron chi connectivity index (χ2n) is 5.10. The lowest BCUT2D eigenvalue weighted by Crippen LogP contribution is -2.45.